The number of nitrogens with one attached hydrogen (secondary N) is 2. The van der Waals surface area contributed by atoms with Crippen LogP contribution in [0.1, 0.15) is 11.1 Å². The van der Waals surface area contributed by atoms with E-state index in [1.807, 2.05) is 17.0 Å². The number of aromatic amines is 2. The van der Waals surface area contributed by atoms with Crippen molar-refractivity contribution in [2.45, 2.75) is 12.6 Å². The third-order valence-electron chi connectivity index (χ3n) is 5.41. The van der Waals surface area contributed by atoms with Crippen molar-refractivity contribution in [3.8, 4) is 0 Å². The van der Waals surface area contributed by atoms with Crippen molar-refractivity contribution in [3.63, 3.8) is 0 Å². The lowest BCUT2D eigenvalue weighted by atomic mass is 10.1. The van der Waals surface area contributed by atoms with Gasteiger partial charge >= 0.3 is 17.3 Å². The first-order valence-corrected chi connectivity index (χ1v) is 9.69. The van der Waals surface area contributed by atoms with Gasteiger partial charge in [0.2, 0.25) is 0 Å². The smallest absolute Gasteiger partial charge is 0.369 e. The molecule has 2 N–H and O–H groups in total. The minimum atomic E-state index is -4.34. The summed E-state index contributed by atoms with van der Waals surface area (Å²) in [6.07, 6.45) is -3.57. The number of benzene rings is 2. The topological polar surface area (TPSA) is 72.2 Å². The van der Waals surface area contributed by atoms with Gasteiger partial charge in [-0.05, 0) is 42.3 Å². The summed E-state index contributed by atoms with van der Waals surface area (Å²) >= 11 is 0. The first-order chi connectivity index (χ1) is 14.3. The van der Waals surface area contributed by atoms with Gasteiger partial charge in [-0.3, -0.25) is 14.5 Å². The minimum absolute atomic E-state index is 0.582. The molecule has 0 aliphatic carbocycles. The Hall–Kier alpha value is -3.07. The highest BCUT2D eigenvalue weighted by Gasteiger charge is 2.31. The molecule has 0 unspecified atom stereocenters. The average molecular weight is 418 g/mol. The van der Waals surface area contributed by atoms with Crippen LogP contribution in [0.2, 0.25) is 0 Å². The molecular weight excluding hydrogens is 397 g/mol. The summed E-state index contributed by atoms with van der Waals surface area (Å²) in [5, 5.41) is 0. The number of rotatable bonds is 4. The summed E-state index contributed by atoms with van der Waals surface area (Å²) in [5.41, 5.74) is 0.823. The molecule has 0 radical (unpaired) electrons. The fraction of sp³-hybridized carbons (Fsp3) is 0.333. The highest BCUT2D eigenvalue weighted by molar-refractivity contribution is 5.74. The zero-order chi connectivity index (χ0) is 21.3. The molecule has 0 bridgehead atoms. The SMILES string of the molecule is O=c1[nH]c2ccc(CCN3CCN(c4cccc(C(F)(F)F)c4)CC3)cc2[nH]c1=O. The van der Waals surface area contributed by atoms with Crippen molar-refractivity contribution in [2.24, 2.45) is 0 Å². The largest absolute Gasteiger partial charge is 0.416 e. The summed E-state index contributed by atoms with van der Waals surface area (Å²) in [7, 11) is 0. The minimum Gasteiger partial charge on any atom is -0.369 e. The number of alkyl halides is 3. The molecular formula is C21H21F3N4O2. The maximum atomic E-state index is 12.9. The number of hydrogen-bond acceptors (Lipinski definition) is 4. The van der Waals surface area contributed by atoms with Crippen LogP contribution in [0, 0.1) is 0 Å². The third kappa shape index (κ3) is 4.40. The lowest BCUT2D eigenvalue weighted by molar-refractivity contribution is -0.137. The zero-order valence-corrected chi connectivity index (χ0v) is 16.1. The second-order valence-corrected chi connectivity index (χ2v) is 7.41. The molecule has 30 heavy (non-hydrogen) atoms. The Balaban J connectivity index is 1.35. The van der Waals surface area contributed by atoms with Crippen molar-refractivity contribution >= 4 is 16.7 Å². The predicted molar refractivity (Wildman–Crippen MR) is 109 cm³/mol. The summed E-state index contributed by atoms with van der Waals surface area (Å²) in [4.78, 5) is 32.2. The molecule has 2 heterocycles. The fourth-order valence-corrected chi connectivity index (χ4v) is 3.71. The standard InChI is InChI=1S/C21H21F3N4O2/c22-21(23,24)15-2-1-3-16(13-15)28-10-8-27(9-11-28)7-6-14-4-5-17-18(12-14)26-20(30)19(29)25-17/h1-5,12-13H,6-11H2,(H,25,29)(H,26,30). The molecule has 158 valence electrons. The van der Waals surface area contributed by atoms with Gasteiger partial charge in [0.25, 0.3) is 0 Å². The van der Waals surface area contributed by atoms with E-state index < -0.39 is 22.9 Å². The van der Waals surface area contributed by atoms with Crippen LogP contribution in [0.5, 0.6) is 0 Å². The van der Waals surface area contributed by atoms with E-state index in [4.69, 9.17) is 0 Å². The molecule has 1 saturated heterocycles. The van der Waals surface area contributed by atoms with Crippen molar-refractivity contribution < 1.29 is 13.2 Å². The van der Waals surface area contributed by atoms with Crippen LogP contribution in [-0.2, 0) is 12.6 Å². The van der Waals surface area contributed by atoms with Gasteiger partial charge in [-0.2, -0.15) is 13.2 Å². The Labute approximate surface area is 169 Å². The van der Waals surface area contributed by atoms with Gasteiger partial charge in [0.1, 0.15) is 0 Å². The van der Waals surface area contributed by atoms with Gasteiger partial charge in [-0.25, -0.2) is 0 Å². The van der Waals surface area contributed by atoms with E-state index in [2.05, 4.69) is 14.9 Å². The first-order valence-electron chi connectivity index (χ1n) is 9.69. The second kappa shape index (κ2) is 7.98. The summed E-state index contributed by atoms with van der Waals surface area (Å²) < 4.78 is 38.8. The third-order valence-corrected chi connectivity index (χ3v) is 5.41. The second-order valence-electron chi connectivity index (χ2n) is 7.41. The summed E-state index contributed by atoms with van der Waals surface area (Å²) in [6, 6.07) is 11.0. The first kappa shape index (κ1) is 20.2. The Morgan fingerprint density at radius 3 is 2.27 bits per heavy atom. The maximum Gasteiger partial charge on any atom is 0.416 e. The number of nitrogens with zero attached hydrogens (tertiary/aromatic N) is 2. The highest BCUT2D eigenvalue weighted by Crippen LogP contribution is 2.31. The summed E-state index contributed by atoms with van der Waals surface area (Å²) in [6.45, 7) is 3.64. The molecule has 2 aromatic carbocycles. The molecule has 0 saturated carbocycles. The van der Waals surface area contributed by atoms with Gasteiger partial charge in [-0.15, -0.1) is 0 Å². The van der Waals surface area contributed by atoms with E-state index >= 15 is 0 Å². The normalized spacial score (nSPS) is 15.6. The molecule has 4 rings (SSSR count). The number of fused-ring (bicyclic) bond motifs is 1. The van der Waals surface area contributed by atoms with Crippen LogP contribution in [0.4, 0.5) is 18.9 Å². The van der Waals surface area contributed by atoms with Gasteiger partial charge in [-0.1, -0.05) is 12.1 Å². The van der Waals surface area contributed by atoms with Gasteiger partial charge < -0.3 is 14.9 Å². The van der Waals surface area contributed by atoms with E-state index in [-0.39, 0.29) is 0 Å². The van der Waals surface area contributed by atoms with Crippen LogP contribution in [0.25, 0.3) is 11.0 Å². The molecule has 0 atom stereocenters. The molecule has 1 aliphatic rings. The number of hydrogen-bond donors (Lipinski definition) is 2. The van der Waals surface area contributed by atoms with Gasteiger partial charge in [0.05, 0.1) is 16.6 Å². The predicted octanol–water partition coefficient (Wildman–Crippen LogP) is 2.60. The fourth-order valence-electron chi connectivity index (χ4n) is 3.71. The van der Waals surface area contributed by atoms with E-state index in [0.717, 1.165) is 37.7 Å². The Bertz CT molecular complexity index is 1160. The number of halogens is 3. The highest BCUT2D eigenvalue weighted by atomic mass is 19.4. The number of anilines is 1. The van der Waals surface area contributed by atoms with Crippen LogP contribution >= 0.6 is 0 Å². The Morgan fingerprint density at radius 2 is 1.57 bits per heavy atom. The van der Waals surface area contributed by atoms with Crippen LogP contribution in [0.3, 0.4) is 0 Å². The molecule has 3 aromatic rings. The molecule has 0 spiro atoms. The molecule has 1 fully saturated rings. The van der Waals surface area contributed by atoms with Gasteiger partial charge in [0.15, 0.2) is 0 Å². The van der Waals surface area contributed by atoms with Crippen molar-refractivity contribution in [2.75, 3.05) is 37.6 Å². The lowest BCUT2D eigenvalue weighted by Gasteiger charge is -2.36. The van der Waals surface area contributed by atoms with Crippen molar-refractivity contribution in [1.29, 1.82) is 0 Å². The molecule has 1 aliphatic heterocycles. The van der Waals surface area contributed by atoms with Crippen LogP contribution in [0.15, 0.2) is 52.1 Å². The van der Waals surface area contributed by atoms with Gasteiger partial charge in [0, 0.05) is 38.4 Å². The number of piperazine rings is 1. The summed E-state index contributed by atoms with van der Waals surface area (Å²) in [5.74, 6) is 0. The molecule has 6 nitrogen and oxygen atoms in total. The maximum absolute atomic E-state index is 12.9. The van der Waals surface area contributed by atoms with Crippen LogP contribution in [-0.4, -0.2) is 47.6 Å². The van der Waals surface area contributed by atoms with E-state index in [1.54, 1.807) is 12.1 Å². The van der Waals surface area contributed by atoms with Crippen molar-refractivity contribution in [1.82, 2.24) is 14.9 Å². The number of aromatic nitrogens is 2. The molecule has 1 aromatic heterocycles. The van der Waals surface area contributed by atoms with E-state index in [1.165, 1.54) is 12.1 Å². The lowest BCUT2D eigenvalue weighted by Crippen LogP contribution is -2.47. The van der Waals surface area contributed by atoms with E-state index in [0.29, 0.717) is 29.8 Å². The molecule has 0 amide bonds. The monoisotopic (exact) mass is 418 g/mol. The molecule has 9 heteroatoms. The Kier molecular flexibility index (Phi) is 5.38. The average Bonchev–Trinajstić information content (AvgIpc) is 2.73. The van der Waals surface area contributed by atoms with E-state index in [9.17, 15) is 22.8 Å². The van der Waals surface area contributed by atoms with Crippen molar-refractivity contribution in [3.05, 3.63) is 74.3 Å². The Morgan fingerprint density at radius 1 is 0.867 bits per heavy atom. The number of H-pyrrole nitrogens is 2. The quantitative estimate of drug-likeness (QED) is 0.639. The van der Waals surface area contributed by atoms with Crippen LogP contribution < -0.4 is 16.0 Å². The zero-order valence-electron chi connectivity index (χ0n) is 16.1.